The Bertz CT molecular complexity index is 822. The van der Waals surface area contributed by atoms with Crippen LogP contribution in [0.3, 0.4) is 0 Å². The van der Waals surface area contributed by atoms with E-state index in [2.05, 4.69) is 5.32 Å². The molecule has 1 amide bonds. The zero-order valence-electron chi connectivity index (χ0n) is 15.6. The first-order chi connectivity index (χ1) is 12.9. The predicted molar refractivity (Wildman–Crippen MR) is 99.5 cm³/mol. The van der Waals surface area contributed by atoms with Gasteiger partial charge in [-0.1, -0.05) is 6.07 Å². The fraction of sp³-hybridized carbons (Fsp3) is 0.250. The van der Waals surface area contributed by atoms with Crippen LogP contribution in [0.4, 0.5) is 5.69 Å². The second-order valence-corrected chi connectivity index (χ2v) is 5.71. The lowest BCUT2D eigenvalue weighted by molar-refractivity contribution is -0.123. The minimum Gasteiger partial charge on any atom is -0.496 e. The van der Waals surface area contributed by atoms with Crippen LogP contribution in [0, 0.1) is 0 Å². The van der Waals surface area contributed by atoms with E-state index in [1.165, 1.54) is 28.1 Å². The number of carbonyl (C=O) groups excluding carboxylic acids is 3. The summed E-state index contributed by atoms with van der Waals surface area (Å²) in [4.78, 5) is 36.1. The van der Waals surface area contributed by atoms with Crippen LogP contribution in [-0.2, 0) is 9.53 Å². The number of amides is 1. The van der Waals surface area contributed by atoms with Crippen LogP contribution in [-0.4, -0.2) is 38.0 Å². The number of ether oxygens (including phenoxy) is 3. The number of ketones is 1. The van der Waals surface area contributed by atoms with Crippen molar-refractivity contribution in [1.29, 1.82) is 0 Å². The van der Waals surface area contributed by atoms with E-state index in [1.807, 2.05) is 0 Å². The molecule has 0 aliphatic carbocycles. The number of hydrogen-bond donors (Lipinski definition) is 1. The summed E-state index contributed by atoms with van der Waals surface area (Å²) in [5.74, 6) is -0.744. The molecule has 0 saturated carbocycles. The number of nitrogens with one attached hydrogen (secondary N) is 1. The van der Waals surface area contributed by atoms with Crippen molar-refractivity contribution in [3.8, 4) is 11.5 Å². The number of methoxy groups -OCH3 is 2. The lowest BCUT2D eigenvalue weighted by atomic mass is 10.1. The van der Waals surface area contributed by atoms with Crippen molar-refractivity contribution in [3.63, 3.8) is 0 Å². The molecule has 0 radical (unpaired) electrons. The van der Waals surface area contributed by atoms with Crippen molar-refractivity contribution in [2.45, 2.75) is 20.0 Å². The smallest absolute Gasteiger partial charge is 0.346 e. The average Bonchev–Trinajstić information content (AvgIpc) is 2.67. The molecule has 0 fully saturated rings. The molecule has 0 aliphatic heterocycles. The fourth-order valence-electron chi connectivity index (χ4n) is 2.36. The molecule has 0 aromatic heterocycles. The third-order valence-corrected chi connectivity index (χ3v) is 3.84. The summed E-state index contributed by atoms with van der Waals surface area (Å²) in [7, 11) is 2.85. The Kier molecular flexibility index (Phi) is 6.54. The third-order valence-electron chi connectivity index (χ3n) is 3.84. The lowest BCUT2D eigenvalue weighted by Gasteiger charge is -2.16. The molecule has 2 aromatic carbocycles. The van der Waals surface area contributed by atoms with Crippen molar-refractivity contribution in [3.05, 3.63) is 53.6 Å². The van der Waals surface area contributed by atoms with Crippen molar-refractivity contribution in [2.75, 3.05) is 19.5 Å². The van der Waals surface area contributed by atoms with E-state index in [0.717, 1.165) is 0 Å². The molecule has 7 nitrogen and oxygen atoms in total. The lowest BCUT2D eigenvalue weighted by Crippen LogP contribution is -2.30. The molecular weight excluding hydrogens is 350 g/mol. The Morgan fingerprint density at radius 2 is 1.48 bits per heavy atom. The number of esters is 1. The van der Waals surface area contributed by atoms with Crippen molar-refractivity contribution in [1.82, 2.24) is 0 Å². The molecule has 0 bridgehead atoms. The van der Waals surface area contributed by atoms with Crippen molar-refractivity contribution in [2.24, 2.45) is 0 Å². The molecule has 1 N–H and O–H groups in total. The first kappa shape index (κ1) is 20.0. The van der Waals surface area contributed by atoms with Gasteiger partial charge in [-0.25, -0.2) is 4.79 Å². The Hall–Kier alpha value is -3.35. The van der Waals surface area contributed by atoms with Gasteiger partial charge in [0.25, 0.3) is 5.91 Å². The van der Waals surface area contributed by atoms with Crippen LogP contribution in [0.15, 0.2) is 42.5 Å². The molecule has 2 rings (SSSR count). The van der Waals surface area contributed by atoms with Crippen LogP contribution in [0.1, 0.15) is 34.6 Å². The molecule has 7 heteroatoms. The minimum absolute atomic E-state index is 0.0686. The van der Waals surface area contributed by atoms with Gasteiger partial charge in [-0.15, -0.1) is 0 Å². The maximum atomic E-state index is 12.5. The summed E-state index contributed by atoms with van der Waals surface area (Å²) < 4.78 is 15.6. The van der Waals surface area contributed by atoms with Crippen molar-refractivity contribution >= 4 is 23.3 Å². The normalized spacial score (nSPS) is 11.3. The van der Waals surface area contributed by atoms with Crippen LogP contribution < -0.4 is 14.8 Å². The second-order valence-electron chi connectivity index (χ2n) is 5.71. The van der Waals surface area contributed by atoms with E-state index in [-0.39, 0.29) is 22.8 Å². The standard InChI is InChI=1S/C20H21NO6/c1-12(22)14-8-10-15(11-9-14)21-19(23)13(2)27-20(24)18-16(25-3)6-5-7-17(18)26-4/h5-11,13H,1-4H3,(H,21,23)/t13-/m1/s1. The van der Waals surface area contributed by atoms with E-state index >= 15 is 0 Å². The van der Waals surface area contributed by atoms with Crippen LogP contribution in [0.25, 0.3) is 0 Å². The van der Waals surface area contributed by atoms with Gasteiger partial charge >= 0.3 is 5.97 Å². The van der Waals surface area contributed by atoms with Gasteiger partial charge in [0.2, 0.25) is 0 Å². The summed E-state index contributed by atoms with van der Waals surface area (Å²) in [6.45, 7) is 2.92. The molecule has 142 valence electrons. The molecule has 0 unspecified atom stereocenters. The zero-order chi connectivity index (χ0) is 20.0. The second kappa shape index (κ2) is 8.84. The number of rotatable bonds is 7. The van der Waals surface area contributed by atoms with Gasteiger partial charge in [0, 0.05) is 11.3 Å². The minimum atomic E-state index is -1.06. The number of Topliss-reactive ketones (excluding diaryl/α,β-unsaturated/α-hetero) is 1. The number of benzene rings is 2. The highest BCUT2D eigenvalue weighted by molar-refractivity contribution is 6.00. The monoisotopic (exact) mass is 371 g/mol. The summed E-state index contributed by atoms with van der Waals surface area (Å²) in [5, 5.41) is 2.63. The Morgan fingerprint density at radius 1 is 0.926 bits per heavy atom. The van der Waals surface area contributed by atoms with Gasteiger partial charge in [0.05, 0.1) is 14.2 Å². The van der Waals surface area contributed by atoms with Gasteiger partial charge in [-0.05, 0) is 50.2 Å². The van der Waals surface area contributed by atoms with Gasteiger partial charge in [-0.2, -0.15) is 0 Å². The highest BCUT2D eigenvalue weighted by Crippen LogP contribution is 2.29. The van der Waals surface area contributed by atoms with E-state index in [9.17, 15) is 14.4 Å². The molecule has 0 saturated heterocycles. The molecule has 27 heavy (non-hydrogen) atoms. The SMILES string of the molecule is COc1cccc(OC)c1C(=O)O[C@H](C)C(=O)Nc1ccc(C(C)=O)cc1. The zero-order valence-corrected chi connectivity index (χ0v) is 15.6. The average molecular weight is 371 g/mol. The van der Waals surface area contributed by atoms with Crippen LogP contribution in [0.5, 0.6) is 11.5 Å². The van der Waals surface area contributed by atoms with E-state index in [1.54, 1.807) is 42.5 Å². The van der Waals surface area contributed by atoms with E-state index < -0.39 is 18.0 Å². The number of hydrogen-bond acceptors (Lipinski definition) is 6. The fourth-order valence-corrected chi connectivity index (χ4v) is 2.36. The molecule has 0 aliphatic rings. The predicted octanol–water partition coefficient (Wildman–Crippen LogP) is 3.09. The Morgan fingerprint density at radius 3 is 1.96 bits per heavy atom. The summed E-state index contributed by atoms with van der Waals surface area (Å²) in [6, 6.07) is 11.3. The van der Waals surface area contributed by atoms with Crippen molar-refractivity contribution < 1.29 is 28.6 Å². The van der Waals surface area contributed by atoms with Gasteiger partial charge in [0.1, 0.15) is 17.1 Å². The van der Waals surface area contributed by atoms with E-state index in [4.69, 9.17) is 14.2 Å². The van der Waals surface area contributed by atoms with E-state index in [0.29, 0.717) is 11.3 Å². The Balaban J connectivity index is 2.08. The summed E-state index contributed by atoms with van der Waals surface area (Å²) in [6.07, 6.45) is -1.06. The summed E-state index contributed by atoms with van der Waals surface area (Å²) >= 11 is 0. The third kappa shape index (κ3) is 4.84. The number of carbonyl (C=O) groups is 3. The van der Waals surface area contributed by atoms with Crippen LogP contribution >= 0.6 is 0 Å². The van der Waals surface area contributed by atoms with Gasteiger partial charge < -0.3 is 19.5 Å². The quantitative estimate of drug-likeness (QED) is 0.594. The molecule has 0 spiro atoms. The summed E-state index contributed by atoms with van der Waals surface area (Å²) in [5.41, 5.74) is 1.13. The Labute approximate surface area is 157 Å². The highest BCUT2D eigenvalue weighted by atomic mass is 16.6. The molecule has 1 atom stereocenters. The first-order valence-corrected chi connectivity index (χ1v) is 8.21. The number of anilines is 1. The maximum Gasteiger partial charge on any atom is 0.346 e. The van der Waals surface area contributed by atoms with Crippen LogP contribution in [0.2, 0.25) is 0 Å². The topological polar surface area (TPSA) is 90.9 Å². The maximum absolute atomic E-state index is 12.5. The van der Waals surface area contributed by atoms with Gasteiger partial charge in [-0.3, -0.25) is 9.59 Å². The highest BCUT2D eigenvalue weighted by Gasteiger charge is 2.24. The largest absolute Gasteiger partial charge is 0.496 e. The molecular formula is C20H21NO6. The molecule has 2 aromatic rings. The van der Waals surface area contributed by atoms with Gasteiger partial charge in [0.15, 0.2) is 11.9 Å². The first-order valence-electron chi connectivity index (χ1n) is 8.21. The molecule has 0 heterocycles.